The molecule has 0 unspecified atom stereocenters. The van der Waals surface area contributed by atoms with Crippen LogP contribution in [-0.4, -0.2) is 51.8 Å². The number of aromatic nitrogens is 3. The van der Waals surface area contributed by atoms with E-state index in [1.54, 1.807) is 0 Å². The van der Waals surface area contributed by atoms with Crippen molar-refractivity contribution in [2.45, 2.75) is 25.8 Å². The molecule has 2 fully saturated rings. The summed E-state index contributed by atoms with van der Waals surface area (Å²) in [5.41, 5.74) is 4.81. The molecule has 29 heavy (non-hydrogen) atoms. The highest BCUT2D eigenvalue weighted by Crippen LogP contribution is 2.31. The van der Waals surface area contributed by atoms with Crippen molar-refractivity contribution in [3.8, 4) is 11.3 Å². The van der Waals surface area contributed by atoms with E-state index in [4.69, 9.17) is 4.98 Å². The van der Waals surface area contributed by atoms with Gasteiger partial charge in [0.15, 0.2) is 0 Å². The van der Waals surface area contributed by atoms with Crippen LogP contribution < -0.4 is 5.32 Å². The molecule has 1 N–H and O–H groups in total. The topological polar surface area (TPSA) is 71.0 Å². The lowest BCUT2D eigenvalue weighted by Gasteiger charge is -2.27. The van der Waals surface area contributed by atoms with Crippen LogP contribution in [0.4, 0.5) is 0 Å². The van der Waals surface area contributed by atoms with E-state index in [1.807, 2.05) is 36.8 Å². The maximum atomic E-state index is 12.1. The average molecular weight is 387 g/mol. The van der Waals surface area contributed by atoms with E-state index < -0.39 is 0 Å². The van der Waals surface area contributed by atoms with E-state index in [1.165, 1.54) is 5.56 Å². The van der Waals surface area contributed by atoms with Crippen LogP contribution in [0.5, 0.6) is 0 Å². The van der Waals surface area contributed by atoms with E-state index >= 15 is 0 Å². The predicted octanol–water partition coefficient (Wildman–Crippen LogP) is 2.62. The molecule has 1 aliphatic heterocycles. The highest BCUT2D eigenvalue weighted by molar-refractivity contribution is 5.86. The highest BCUT2D eigenvalue weighted by Gasteiger charge is 2.29. The van der Waals surface area contributed by atoms with Crippen molar-refractivity contribution in [1.29, 1.82) is 0 Å². The molecule has 6 nitrogen and oxygen atoms in total. The van der Waals surface area contributed by atoms with Gasteiger partial charge < -0.3 is 5.32 Å². The number of rotatable bonds is 6. The fourth-order valence-corrected chi connectivity index (χ4v) is 3.89. The second-order valence-electron chi connectivity index (χ2n) is 8.09. The minimum Gasteiger partial charge on any atom is -0.314 e. The minimum absolute atomic E-state index is 0.260. The van der Waals surface area contributed by atoms with Gasteiger partial charge in [-0.05, 0) is 42.7 Å². The van der Waals surface area contributed by atoms with Crippen LogP contribution in [0.25, 0.3) is 22.2 Å². The van der Waals surface area contributed by atoms with Gasteiger partial charge in [-0.15, -0.1) is 0 Å². The maximum Gasteiger partial charge on any atom is 0.141 e. The molecule has 0 aromatic carbocycles. The summed E-state index contributed by atoms with van der Waals surface area (Å²) in [4.78, 5) is 28.3. The standard InChI is InChI=1S/C23H25N5O/c29-23(17-1-2-17)11-20-10-22-18(14-26-20)3-4-21(27-22)19-9-16(12-25-13-19)15-28-7-5-24-6-8-28/h3-4,9-10,12-14,17,24H,1-2,5-8,11,15H2. The van der Waals surface area contributed by atoms with Gasteiger partial charge in [-0.2, -0.15) is 0 Å². The third-order valence-electron chi connectivity index (χ3n) is 5.72. The van der Waals surface area contributed by atoms with E-state index in [0.29, 0.717) is 12.2 Å². The van der Waals surface area contributed by atoms with Crippen molar-refractivity contribution in [3.05, 3.63) is 54.1 Å². The normalized spacial score (nSPS) is 17.5. The van der Waals surface area contributed by atoms with Crippen LogP contribution in [-0.2, 0) is 17.8 Å². The molecule has 1 saturated carbocycles. The van der Waals surface area contributed by atoms with Crippen molar-refractivity contribution in [2.75, 3.05) is 26.2 Å². The number of carbonyl (C=O) groups is 1. The minimum atomic E-state index is 0.260. The first-order valence-corrected chi connectivity index (χ1v) is 10.4. The second kappa shape index (κ2) is 7.97. The molecule has 5 rings (SSSR count). The number of hydrogen-bond acceptors (Lipinski definition) is 6. The first kappa shape index (κ1) is 18.3. The molecular weight excluding hydrogens is 362 g/mol. The molecule has 2 aliphatic rings. The Morgan fingerprint density at radius 2 is 1.97 bits per heavy atom. The van der Waals surface area contributed by atoms with Gasteiger partial charge in [0.25, 0.3) is 0 Å². The Hall–Kier alpha value is -2.70. The zero-order chi connectivity index (χ0) is 19.6. The van der Waals surface area contributed by atoms with Crippen LogP contribution >= 0.6 is 0 Å². The Morgan fingerprint density at radius 3 is 2.79 bits per heavy atom. The van der Waals surface area contributed by atoms with Gasteiger partial charge >= 0.3 is 0 Å². The highest BCUT2D eigenvalue weighted by atomic mass is 16.1. The fourth-order valence-electron chi connectivity index (χ4n) is 3.89. The van der Waals surface area contributed by atoms with E-state index in [0.717, 1.165) is 73.4 Å². The predicted molar refractivity (Wildman–Crippen MR) is 112 cm³/mol. The van der Waals surface area contributed by atoms with Gasteiger partial charge in [0.2, 0.25) is 0 Å². The molecule has 6 heteroatoms. The molecule has 3 aromatic rings. The van der Waals surface area contributed by atoms with Crippen molar-refractivity contribution in [3.63, 3.8) is 0 Å². The first-order valence-electron chi connectivity index (χ1n) is 10.4. The van der Waals surface area contributed by atoms with Crippen molar-refractivity contribution in [2.24, 2.45) is 5.92 Å². The average Bonchev–Trinajstić information content (AvgIpc) is 3.60. The molecule has 0 spiro atoms. The monoisotopic (exact) mass is 387 g/mol. The summed E-state index contributed by atoms with van der Waals surface area (Å²) >= 11 is 0. The summed E-state index contributed by atoms with van der Waals surface area (Å²) in [6, 6.07) is 8.20. The van der Waals surface area contributed by atoms with Gasteiger partial charge in [-0.25, -0.2) is 4.98 Å². The van der Waals surface area contributed by atoms with Crippen LogP contribution in [0.3, 0.4) is 0 Å². The number of pyridine rings is 3. The summed E-state index contributed by atoms with van der Waals surface area (Å²) in [6.45, 7) is 5.12. The Bertz CT molecular complexity index is 1040. The Labute approximate surface area is 170 Å². The number of carbonyl (C=O) groups excluding carboxylic acids is 1. The van der Waals surface area contributed by atoms with Gasteiger partial charge in [-0.3, -0.25) is 19.7 Å². The maximum absolute atomic E-state index is 12.1. The number of piperazine rings is 1. The quantitative estimate of drug-likeness (QED) is 0.701. The number of nitrogens with zero attached hydrogens (tertiary/aromatic N) is 4. The second-order valence-corrected chi connectivity index (χ2v) is 8.09. The van der Waals surface area contributed by atoms with Crippen LogP contribution in [0.15, 0.2) is 42.9 Å². The smallest absolute Gasteiger partial charge is 0.141 e. The molecule has 0 amide bonds. The van der Waals surface area contributed by atoms with Crippen LogP contribution in [0.2, 0.25) is 0 Å². The largest absolute Gasteiger partial charge is 0.314 e. The molecule has 3 aromatic heterocycles. The van der Waals surface area contributed by atoms with E-state index in [9.17, 15) is 4.79 Å². The van der Waals surface area contributed by atoms with Crippen molar-refractivity contribution < 1.29 is 4.79 Å². The summed E-state index contributed by atoms with van der Waals surface area (Å²) in [6.07, 6.45) is 8.11. The molecule has 0 atom stereocenters. The molecule has 4 heterocycles. The molecular formula is C23H25N5O. The number of Topliss-reactive ketones (excluding diaryl/α,β-unsaturated/α-hetero) is 1. The third kappa shape index (κ3) is 4.33. The lowest BCUT2D eigenvalue weighted by atomic mass is 10.1. The fraction of sp³-hybridized carbons (Fsp3) is 0.391. The molecule has 1 aliphatic carbocycles. The molecule has 1 saturated heterocycles. The van der Waals surface area contributed by atoms with Gasteiger partial charge in [-0.1, -0.05) is 0 Å². The molecule has 0 bridgehead atoms. The third-order valence-corrected chi connectivity index (χ3v) is 5.72. The number of hydrogen-bond donors (Lipinski definition) is 1. The lowest BCUT2D eigenvalue weighted by molar-refractivity contribution is -0.119. The van der Waals surface area contributed by atoms with Gasteiger partial charge in [0, 0.05) is 80.3 Å². The number of fused-ring (bicyclic) bond motifs is 1. The van der Waals surface area contributed by atoms with Crippen LogP contribution in [0, 0.1) is 5.92 Å². The number of ketones is 1. The Balaban J connectivity index is 1.38. The molecule has 148 valence electrons. The summed E-state index contributed by atoms with van der Waals surface area (Å²) in [5.74, 6) is 0.564. The zero-order valence-electron chi connectivity index (χ0n) is 16.5. The van der Waals surface area contributed by atoms with Crippen LogP contribution in [0.1, 0.15) is 24.1 Å². The summed E-state index contributed by atoms with van der Waals surface area (Å²) < 4.78 is 0. The van der Waals surface area contributed by atoms with Crippen molar-refractivity contribution in [1.82, 2.24) is 25.2 Å². The van der Waals surface area contributed by atoms with Gasteiger partial charge in [0.05, 0.1) is 11.2 Å². The number of nitrogens with one attached hydrogen (secondary N) is 1. The van der Waals surface area contributed by atoms with E-state index in [-0.39, 0.29) is 5.92 Å². The zero-order valence-corrected chi connectivity index (χ0v) is 16.5. The van der Waals surface area contributed by atoms with E-state index in [2.05, 4.69) is 26.3 Å². The SMILES string of the molecule is O=C(Cc1cc2nc(-c3cncc(CN4CCNCC4)c3)ccc2cn1)C1CC1. The first-order chi connectivity index (χ1) is 14.2. The lowest BCUT2D eigenvalue weighted by Crippen LogP contribution is -2.42. The molecule has 0 radical (unpaired) electrons. The summed E-state index contributed by atoms with van der Waals surface area (Å²) in [7, 11) is 0. The Kier molecular flexibility index (Phi) is 5.04. The van der Waals surface area contributed by atoms with Gasteiger partial charge in [0.1, 0.15) is 5.78 Å². The summed E-state index contributed by atoms with van der Waals surface area (Å²) in [5, 5.41) is 4.37. The van der Waals surface area contributed by atoms with Crippen molar-refractivity contribution >= 4 is 16.7 Å². The Morgan fingerprint density at radius 1 is 1.10 bits per heavy atom.